The van der Waals surface area contributed by atoms with Gasteiger partial charge in [-0.1, -0.05) is 26.0 Å². The Labute approximate surface area is 179 Å². The van der Waals surface area contributed by atoms with E-state index >= 15 is 0 Å². The Morgan fingerprint density at radius 3 is 2.53 bits per heavy atom. The van der Waals surface area contributed by atoms with Crippen molar-refractivity contribution < 1.29 is 17.6 Å². The van der Waals surface area contributed by atoms with Crippen LogP contribution in [0.1, 0.15) is 31.6 Å². The number of rotatable bonds is 11. The van der Waals surface area contributed by atoms with Crippen molar-refractivity contribution in [2.24, 2.45) is 15.5 Å². The number of primary sulfonamides is 1. The van der Waals surface area contributed by atoms with E-state index < -0.39 is 10.0 Å². The van der Waals surface area contributed by atoms with Gasteiger partial charge >= 0.3 is 0 Å². The summed E-state index contributed by atoms with van der Waals surface area (Å²) in [5, 5.41) is 11.9. The molecule has 0 aliphatic rings. The van der Waals surface area contributed by atoms with Crippen LogP contribution in [0.5, 0.6) is 0 Å². The molecule has 4 N–H and O–H groups in total. The van der Waals surface area contributed by atoms with Crippen molar-refractivity contribution in [1.82, 2.24) is 10.6 Å². The molecule has 8 nitrogen and oxygen atoms in total. The first-order valence-electron chi connectivity index (χ1n) is 9.85. The van der Waals surface area contributed by atoms with Gasteiger partial charge in [0, 0.05) is 33.2 Å². The average Bonchev–Trinajstić information content (AvgIpc) is 3.21. The second kappa shape index (κ2) is 11.1. The average molecular weight is 437 g/mol. The number of nitrogens with zero attached hydrogens (tertiary/aromatic N) is 1. The van der Waals surface area contributed by atoms with Gasteiger partial charge in [-0.15, -0.1) is 0 Å². The van der Waals surface area contributed by atoms with Crippen LogP contribution in [0.3, 0.4) is 0 Å². The molecule has 0 atom stereocenters. The topological polar surface area (TPSA) is 119 Å². The molecule has 0 saturated heterocycles. The number of furan rings is 1. The van der Waals surface area contributed by atoms with Crippen molar-refractivity contribution in [2.75, 3.05) is 26.8 Å². The second-order valence-corrected chi connectivity index (χ2v) is 9.43. The molecule has 0 saturated carbocycles. The van der Waals surface area contributed by atoms with Crippen LogP contribution in [0.15, 0.2) is 57.0 Å². The van der Waals surface area contributed by atoms with E-state index in [0.29, 0.717) is 25.7 Å². The van der Waals surface area contributed by atoms with Gasteiger partial charge in [0.25, 0.3) is 0 Å². The summed E-state index contributed by atoms with van der Waals surface area (Å²) < 4.78 is 33.3. The summed E-state index contributed by atoms with van der Waals surface area (Å²) in [7, 11) is -1.99. The Hall–Kier alpha value is -2.36. The number of nitrogens with one attached hydrogen (secondary N) is 2. The van der Waals surface area contributed by atoms with E-state index in [2.05, 4.69) is 29.5 Å². The number of nitrogens with two attached hydrogens (primary N) is 1. The van der Waals surface area contributed by atoms with E-state index in [1.165, 1.54) is 12.1 Å². The lowest BCUT2D eigenvalue weighted by molar-refractivity contribution is 0.153. The van der Waals surface area contributed by atoms with E-state index in [4.69, 9.17) is 14.3 Å². The van der Waals surface area contributed by atoms with Crippen LogP contribution >= 0.6 is 0 Å². The summed E-state index contributed by atoms with van der Waals surface area (Å²) in [6.45, 7) is 6.84. The van der Waals surface area contributed by atoms with Gasteiger partial charge in [0.15, 0.2) is 5.96 Å². The molecular formula is C21H32N4O4S. The molecule has 1 heterocycles. The first kappa shape index (κ1) is 23.9. The van der Waals surface area contributed by atoms with Gasteiger partial charge in [0.2, 0.25) is 10.0 Å². The number of methoxy groups -OCH3 is 1. The summed E-state index contributed by atoms with van der Waals surface area (Å²) in [5.41, 5.74) is 0.921. The maximum absolute atomic E-state index is 11.4. The number of hydrogen-bond donors (Lipinski definition) is 3. The molecule has 30 heavy (non-hydrogen) atoms. The van der Waals surface area contributed by atoms with E-state index in [9.17, 15) is 8.42 Å². The molecule has 2 aromatic rings. The normalized spacial score (nSPS) is 12.7. The lowest BCUT2D eigenvalue weighted by atomic mass is 9.90. The molecule has 166 valence electrons. The molecule has 0 aliphatic heterocycles. The van der Waals surface area contributed by atoms with Crippen LogP contribution in [0.4, 0.5) is 0 Å². The molecule has 0 radical (unpaired) electrons. The predicted octanol–water partition coefficient (Wildman–Crippen LogP) is 2.27. The van der Waals surface area contributed by atoms with Gasteiger partial charge in [-0.25, -0.2) is 18.5 Å². The zero-order valence-corrected chi connectivity index (χ0v) is 18.7. The summed E-state index contributed by atoms with van der Waals surface area (Å²) in [5.74, 6) is 1.59. The number of ether oxygens (including phenoxy) is 1. The van der Waals surface area contributed by atoms with Crippen molar-refractivity contribution in [3.8, 4) is 0 Å². The molecule has 0 aliphatic carbocycles. The van der Waals surface area contributed by atoms with Crippen LogP contribution in [0, 0.1) is 5.41 Å². The van der Waals surface area contributed by atoms with Crippen molar-refractivity contribution in [1.29, 1.82) is 0 Å². The minimum absolute atomic E-state index is 0.0383. The van der Waals surface area contributed by atoms with Crippen LogP contribution in [-0.4, -0.2) is 41.2 Å². The van der Waals surface area contributed by atoms with Crippen molar-refractivity contribution >= 4 is 16.0 Å². The Balaban J connectivity index is 2.00. The van der Waals surface area contributed by atoms with Gasteiger partial charge in [-0.2, -0.15) is 0 Å². The van der Waals surface area contributed by atoms with Crippen LogP contribution < -0.4 is 15.8 Å². The standard InChI is InChI=1S/C21H32N4O4S/c1-21(2,11-14-28-3)16-25-20(23-12-10-18-5-4-13-29-18)24-15-17-6-8-19(9-7-17)30(22,26)27/h4-9,13H,10-12,14-16H2,1-3H3,(H2,22,26,27)(H2,23,24,25). The van der Waals surface area contributed by atoms with E-state index in [1.54, 1.807) is 25.5 Å². The van der Waals surface area contributed by atoms with Crippen molar-refractivity contribution in [3.63, 3.8) is 0 Å². The molecule has 0 bridgehead atoms. The molecule has 2 rings (SSSR count). The highest BCUT2D eigenvalue weighted by Gasteiger charge is 2.18. The highest BCUT2D eigenvalue weighted by atomic mass is 32.2. The van der Waals surface area contributed by atoms with Crippen molar-refractivity contribution in [3.05, 3.63) is 54.0 Å². The molecule has 9 heteroatoms. The number of aliphatic imine (C=N–C) groups is 1. The van der Waals surface area contributed by atoms with Crippen LogP contribution in [-0.2, 0) is 27.7 Å². The number of benzene rings is 1. The fourth-order valence-electron chi connectivity index (χ4n) is 2.68. The van der Waals surface area contributed by atoms with E-state index in [0.717, 1.165) is 30.7 Å². The van der Waals surface area contributed by atoms with E-state index in [1.807, 2.05) is 12.1 Å². The maximum Gasteiger partial charge on any atom is 0.238 e. The van der Waals surface area contributed by atoms with Gasteiger partial charge in [0.1, 0.15) is 5.76 Å². The largest absolute Gasteiger partial charge is 0.469 e. The predicted molar refractivity (Wildman–Crippen MR) is 118 cm³/mol. The first-order chi connectivity index (χ1) is 14.2. The Kier molecular flexibility index (Phi) is 8.88. The number of guanidine groups is 1. The highest BCUT2D eigenvalue weighted by Crippen LogP contribution is 2.18. The SMILES string of the molecule is COCCC(C)(C)CNC(=NCc1ccc(S(N)(=O)=O)cc1)NCCc1ccco1. The monoisotopic (exact) mass is 436 g/mol. The maximum atomic E-state index is 11.4. The fraction of sp³-hybridized carbons (Fsp3) is 0.476. The summed E-state index contributed by atoms with van der Waals surface area (Å²) in [6.07, 6.45) is 3.32. The first-order valence-corrected chi connectivity index (χ1v) is 11.4. The Morgan fingerprint density at radius 2 is 1.93 bits per heavy atom. The molecular weight excluding hydrogens is 404 g/mol. The third-order valence-corrected chi connectivity index (χ3v) is 5.56. The highest BCUT2D eigenvalue weighted by molar-refractivity contribution is 7.89. The zero-order valence-electron chi connectivity index (χ0n) is 17.8. The van der Waals surface area contributed by atoms with Crippen LogP contribution in [0.2, 0.25) is 0 Å². The van der Waals surface area contributed by atoms with Gasteiger partial charge in [-0.05, 0) is 41.7 Å². The minimum atomic E-state index is -3.70. The Bertz CT molecular complexity index is 892. The molecule has 0 spiro atoms. The lowest BCUT2D eigenvalue weighted by Gasteiger charge is -2.26. The molecule has 0 unspecified atom stereocenters. The molecule has 0 fully saturated rings. The van der Waals surface area contributed by atoms with Crippen molar-refractivity contribution in [2.45, 2.75) is 38.1 Å². The fourth-order valence-corrected chi connectivity index (χ4v) is 3.19. The van der Waals surface area contributed by atoms with E-state index in [-0.39, 0.29) is 10.3 Å². The summed E-state index contributed by atoms with van der Waals surface area (Å²) in [4.78, 5) is 4.73. The van der Waals surface area contributed by atoms with Crippen LogP contribution in [0.25, 0.3) is 0 Å². The summed E-state index contributed by atoms with van der Waals surface area (Å²) >= 11 is 0. The third kappa shape index (κ3) is 8.56. The van der Waals surface area contributed by atoms with Gasteiger partial charge in [0.05, 0.1) is 17.7 Å². The van der Waals surface area contributed by atoms with Gasteiger partial charge < -0.3 is 19.8 Å². The molecule has 1 aromatic carbocycles. The zero-order chi connectivity index (χ0) is 22.0. The second-order valence-electron chi connectivity index (χ2n) is 7.87. The van der Waals surface area contributed by atoms with Gasteiger partial charge in [-0.3, -0.25) is 0 Å². The quantitative estimate of drug-likeness (QED) is 0.367. The minimum Gasteiger partial charge on any atom is -0.469 e. The smallest absolute Gasteiger partial charge is 0.238 e. The number of sulfonamides is 1. The molecule has 1 aromatic heterocycles. The molecule has 0 amide bonds. The summed E-state index contributed by atoms with van der Waals surface area (Å²) in [6, 6.07) is 10.2. The third-order valence-electron chi connectivity index (χ3n) is 4.63. The number of hydrogen-bond acceptors (Lipinski definition) is 5. The lowest BCUT2D eigenvalue weighted by Crippen LogP contribution is -2.43. The Morgan fingerprint density at radius 1 is 1.20 bits per heavy atom.